The van der Waals surface area contributed by atoms with Crippen molar-refractivity contribution in [1.29, 1.82) is 0 Å². The molecule has 8 aromatic rings. The Kier molecular flexibility index (Phi) is 12.9. The van der Waals surface area contributed by atoms with Crippen molar-refractivity contribution in [3.8, 4) is 34.5 Å². The summed E-state index contributed by atoms with van der Waals surface area (Å²) in [6, 6.07) is 8.44. The van der Waals surface area contributed by atoms with Gasteiger partial charge in [-0.3, -0.25) is 23.9 Å². The molecular formula is C46H47Cl2F4N13O5. The van der Waals surface area contributed by atoms with E-state index in [4.69, 9.17) is 53.9 Å². The number of benzene rings is 2. The van der Waals surface area contributed by atoms with Crippen LogP contribution >= 0.6 is 23.2 Å². The summed E-state index contributed by atoms with van der Waals surface area (Å²) in [4.78, 5) is 45.9. The molecule has 1 aliphatic heterocycles. The van der Waals surface area contributed by atoms with Crippen LogP contribution in [0.5, 0.6) is 11.5 Å². The lowest BCUT2D eigenvalue weighted by molar-refractivity contribution is -0.220. The number of morpholine rings is 1. The lowest BCUT2D eigenvalue weighted by Gasteiger charge is -2.28. The minimum absolute atomic E-state index is 0.0158. The third-order valence-corrected chi connectivity index (χ3v) is 12.9. The minimum Gasteiger partial charge on any atom is -0.495 e. The number of primary amides is 2. The van der Waals surface area contributed by atoms with Gasteiger partial charge < -0.3 is 34.8 Å². The van der Waals surface area contributed by atoms with Gasteiger partial charge in [0, 0.05) is 54.6 Å². The van der Waals surface area contributed by atoms with Crippen molar-refractivity contribution in [2.45, 2.75) is 72.1 Å². The molecule has 9 rings (SSSR count). The molecule has 2 amide bonds. The van der Waals surface area contributed by atoms with Crippen LogP contribution in [-0.2, 0) is 30.9 Å². The van der Waals surface area contributed by atoms with Gasteiger partial charge in [-0.05, 0) is 70.5 Å². The first kappa shape index (κ1) is 48.4. The van der Waals surface area contributed by atoms with Crippen molar-refractivity contribution in [2.75, 3.05) is 46.6 Å². The van der Waals surface area contributed by atoms with E-state index >= 15 is 17.6 Å². The van der Waals surface area contributed by atoms with Crippen molar-refractivity contribution in [1.82, 2.24) is 53.5 Å². The monoisotopic (exact) mass is 1010 g/mol. The largest absolute Gasteiger partial charge is 0.495 e. The first-order valence-electron chi connectivity index (χ1n) is 22.3. The highest BCUT2D eigenvalue weighted by molar-refractivity contribution is 6.37. The van der Waals surface area contributed by atoms with E-state index in [0.717, 1.165) is 9.13 Å². The molecule has 24 heteroatoms. The molecule has 0 saturated carbocycles. The fourth-order valence-electron chi connectivity index (χ4n) is 9.01. The lowest BCUT2D eigenvalue weighted by Crippen LogP contribution is -2.46. The summed E-state index contributed by atoms with van der Waals surface area (Å²) in [5, 5.41) is 8.52. The number of fused-ring (bicyclic) bond motifs is 6. The van der Waals surface area contributed by atoms with Gasteiger partial charge in [-0.2, -0.15) is 27.8 Å². The number of aromatic nitrogens is 10. The molecule has 6 aromatic heterocycles. The Bertz CT molecular complexity index is 3380. The molecule has 70 heavy (non-hydrogen) atoms. The van der Waals surface area contributed by atoms with Crippen molar-refractivity contribution in [2.24, 2.45) is 11.5 Å². The summed E-state index contributed by atoms with van der Waals surface area (Å²) < 4.78 is 91.8. The van der Waals surface area contributed by atoms with Gasteiger partial charge >= 0.3 is 11.8 Å². The number of ether oxygens (including phenoxy) is 3. The molecule has 1 fully saturated rings. The molecule has 0 unspecified atom stereocenters. The standard InChI is InChI=1S/C46H47Cl2F4N13O5/c1-6-64-29(15-23(3)59-64)41-55-37(47)33-27-17-25(39(53)66)19-31(68-5)35(27)62(43(33)57-41)21-45(49,50)46(51,52)22-63-36-28(34-38(48)56-42(58-44(34)63)30-16-24(4)60-65(30)7-2)18-26(40(54)67)20-32(36)70-12-8-9-61-10-13-69-14-11-61/h15-20H,6-14,21-22H2,1-5H3,(H2,53,66)(H2,54,67). The van der Waals surface area contributed by atoms with Gasteiger partial charge in [0.1, 0.15) is 44.5 Å². The number of hydrogen-bond acceptors (Lipinski definition) is 12. The zero-order chi connectivity index (χ0) is 50.0. The molecule has 7 heterocycles. The Balaban J connectivity index is 1.22. The van der Waals surface area contributed by atoms with Crippen molar-refractivity contribution < 1.29 is 41.4 Å². The molecule has 2 aromatic carbocycles. The van der Waals surface area contributed by atoms with E-state index in [-0.39, 0.29) is 95.1 Å². The van der Waals surface area contributed by atoms with Crippen LogP contribution < -0.4 is 20.9 Å². The number of nitrogens with two attached hydrogens (primary N) is 2. The van der Waals surface area contributed by atoms with E-state index in [2.05, 4.69) is 30.0 Å². The van der Waals surface area contributed by atoms with Crippen molar-refractivity contribution in [3.63, 3.8) is 0 Å². The molecular weight excluding hydrogens is 961 g/mol. The zero-order valence-corrected chi connectivity index (χ0v) is 40.1. The molecule has 0 spiro atoms. The van der Waals surface area contributed by atoms with Crippen LogP contribution in [0, 0.1) is 13.8 Å². The summed E-state index contributed by atoms with van der Waals surface area (Å²) in [6.07, 6.45) is 0.473. The number of carbonyl (C=O) groups excluding carboxylic acids is 2. The second kappa shape index (κ2) is 18.6. The number of hydrogen-bond donors (Lipinski definition) is 2. The molecule has 1 aliphatic rings. The van der Waals surface area contributed by atoms with Crippen molar-refractivity contribution in [3.05, 3.63) is 69.2 Å². The van der Waals surface area contributed by atoms with Crippen LogP contribution in [0.15, 0.2) is 36.4 Å². The first-order chi connectivity index (χ1) is 33.3. The predicted molar refractivity (Wildman–Crippen MR) is 254 cm³/mol. The summed E-state index contributed by atoms with van der Waals surface area (Å²) in [5.41, 5.74) is 12.5. The summed E-state index contributed by atoms with van der Waals surface area (Å²) in [7, 11) is 1.22. The van der Waals surface area contributed by atoms with Crippen molar-refractivity contribution >= 4 is 78.9 Å². The van der Waals surface area contributed by atoms with Gasteiger partial charge in [-0.1, -0.05) is 23.2 Å². The average Bonchev–Trinajstić information content (AvgIpc) is 4.07. The highest BCUT2D eigenvalue weighted by Crippen LogP contribution is 2.46. The Morgan fingerprint density at radius 1 is 0.714 bits per heavy atom. The fraction of sp³-hybridized carbons (Fsp3) is 0.391. The summed E-state index contributed by atoms with van der Waals surface area (Å²) in [5.74, 6) is -11.9. The quantitative estimate of drug-likeness (QED) is 0.0517. The summed E-state index contributed by atoms with van der Waals surface area (Å²) in [6.45, 7) is 7.68. The second-order valence-electron chi connectivity index (χ2n) is 17.0. The summed E-state index contributed by atoms with van der Waals surface area (Å²) >= 11 is 13.8. The van der Waals surface area contributed by atoms with Crippen LogP contribution in [0.2, 0.25) is 10.3 Å². The van der Waals surface area contributed by atoms with E-state index in [1.54, 1.807) is 35.3 Å². The molecule has 0 atom stereocenters. The highest BCUT2D eigenvalue weighted by Gasteiger charge is 2.57. The third-order valence-electron chi connectivity index (χ3n) is 12.3. The topological polar surface area (TPSA) is 214 Å². The zero-order valence-electron chi connectivity index (χ0n) is 38.6. The lowest BCUT2D eigenvalue weighted by atomic mass is 10.1. The average molecular weight is 1010 g/mol. The molecule has 0 radical (unpaired) electrons. The number of methoxy groups -OCH3 is 1. The van der Waals surface area contributed by atoms with Gasteiger partial charge in [0.2, 0.25) is 11.8 Å². The normalized spacial score (nSPS) is 13.9. The van der Waals surface area contributed by atoms with Crippen LogP contribution in [0.3, 0.4) is 0 Å². The number of amides is 2. The van der Waals surface area contributed by atoms with E-state index in [9.17, 15) is 9.59 Å². The van der Waals surface area contributed by atoms with Gasteiger partial charge in [0.25, 0.3) is 0 Å². The number of rotatable bonds is 17. The number of carbonyl (C=O) groups is 2. The van der Waals surface area contributed by atoms with Gasteiger partial charge in [0.15, 0.2) is 11.6 Å². The Morgan fingerprint density at radius 2 is 1.17 bits per heavy atom. The van der Waals surface area contributed by atoms with E-state index in [1.807, 2.05) is 13.8 Å². The number of aryl methyl sites for hydroxylation is 4. The minimum atomic E-state index is -4.93. The van der Waals surface area contributed by atoms with Gasteiger partial charge in [-0.15, -0.1) is 0 Å². The van der Waals surface area contributed by atoms with Crippen LogP contribution in [0.1, 0.15) is 52.4 Å². The SMILES string of the molecule is CCn1nc(C)cc1-c1nc(Cl)c2c3cc(C(N)=O)cc(OC)c3n(CC(F)(F)C(F)(F)Cn3c4nc(-c5cc(C)nn5CC)nc(Cl)c4c4cc(C(N)=O)cc(OCCCN5CCOCC5)c43)c2n1. The van der Waals surface area contributed by atoms with E-state index in [0.29, 0.717) is 75.1 Å². The molecule has 368 valence electrons. The smallest absolute Gasteiger partial charge is 0.329 e. The maximum atomic E-state index is 17.4. The number of nitrogens with zero attached hydrogens (tertiary/aromatic N) is 11. The fourth-order valence-corrected chi connectivity index (χ4v) is 9.54. The highest BCUT2D eigenvalue weighted by atomic mass is 35.5. The Labute approximate surface area is 406 Å². The molecule has 18 nitrogen and oxygen atoms in total. The maximum absolute atomic E-state index is 17.4. The maximum Gasteiger partial charge on any atom is 0.329 e. The van der Waals surface area contributed by atoms with Crippen LogP contribution in [0.4, 0.5) is 17.6 Å². The molecule has 0 bridgehead atoms. The van der Waals surface area contributed by atoms with Gasteiger partial charge in [-0.25, -0.2) is 19.9 Å². The van der Waals surface area contributed by atoms with Crippen LogP contribution in [-0.4, -0.2) is 124 Å². The first-order valence-corrected chi connectivity index (χ1v) is 23.1. The Hall–Kier alpha value is -6.62. The predicted octanol–water partition coefficient (Wildman–Crippen LogP) is 7.45. The van der Waals surface area contributed by atoms with Gasteiger partial charge in [0.05, 0.1) is 73.2 Å². The number of halogens is 6. The number of alkyl halides is 4. The molecule has 0 aliphatic carbocycles. The third kappa shape index (κ3) is 8.59. The second-order valence-corrected chi connectivity index (χ2v) is 17.7. The molecule has 1 saturated heterocycles. The van der Waals surface area contributed by atoms with Crippen LogP contribution in [0.25, 0.3) is 66.9 Å². The van der Waals surface area contributed by atoms with E-state index < -0.39 is 36.7 Å². The Morgan fingerprint density at radius 3 is 1.61 bits per heavy atom. The molecule has 4 N–H and O–H groups in total. The van der Waals surface area contributed by atoms with E-state index in [1.165, 1.54) is 31.4 Å².